The lowest BCUT2D eigenvalue weighted by Crippen LogP contribution is -2.35. The molecule has 3 nitrogen and oxygen atoms in total. The summed E-state index contributed by atoms with van der Waals surface area (Å²) < 4.78 is 30.4. The van der Waals surface area contributed by atoms with Crippen LogP contribution in [0.5, 0.6) is 0 Å². The van der Waals surface area contributed by atoms with Gasteiger partial charge in [0, 0.05) is 12.8 Å². The van der Waals surface area contributed by atoms with Crippen LogP contribution in [-0.4, -0.2) is 23.8 Å². The van der Waals surface area contributed by atoms with E-state index < -0.39 is 17.2 Å². The Labute approximate surface area is 90.7 Å². The summed E-state index contributed by atoms with van der Waals surface area (Å²) in [5, 5.41) is 10.00. The van der Waals surface area contributed by atoms with Crippen LogP contribution in [0.25, 0.3) is 0 Å². The van der Waals surface area contributed by atoms with Crippen molar-refractivity contribution in [2.75, 3.05) is 6.61 Å². The SMILES string of the molecule is O=COCC1(O)Cc2cc(F)c(F)cc2C1. The number of ether oxygens (including phenoxy) is 1. The highest BCUT2D eigenvalue weighted by Crippen LogP contribution is 2.31. The van der Waals surface area contributed by atoms with Gasteiger partial charge >= 0.3 is 0 Å². The summed E-state index contributed by atoms with van der Waals surface area (Å²) >= 11 is 0. The van der Waals surface area contributed by atoms with E-state index in [1.807, 2.05) is 0 Å². The minimum atomic E-state index is -1.25. The first-order valence-corrected chi connectivity index (χ1v) is 4.78. The van der Waals surface area contributed by atoms with E-state index in [0.29, 0.717) is 11.1 Å². The van der Waals surface area contributed by atoms with Crippen LogP contribution in [0.3, 0.4) is 0 Å². The van der Waals surface area contributed by atoms with Crippen LogP contribution in [0.4, 0.5) is 8.78 Å². The molecule has 0 aliphatic heterocycles. The fourth-order valence-electron chi connectivity index (χ4n) is 2.02. The zero-order chi connectivity index (χ0) is 11.8. The third-order valence-corrected chi connectivity index (χ3v) is 2.70. The Hall–Kier alpha value is -1.49. The highest BCUT2D eigenvalue weighted by molar-refractivity contribution is 5.39. The van der Waals surface area contributed by atoms with Crippen molar-refractivity contribution in [1.82, 2.24) is 0 Å². The van der Waals surface area contributed by atoms with E-state index in [1.54, 1.807) is 0 Å². The van der Waals surface area contributed by atoms with Crippen molar-refractivity contribution in [2.24, 2.45) is 0 Å². The zero-order valence-corrected chi connectivity index (χ0v) is 8.37. The summed E-state index contributed by atoms with van der Waals surface area (Å²) in [5.41, 5.74) is -0.143. The van der Waals surface area contributed by atoms with Gasteiger partial charge in [0.2, 0.25) is 0 Å². The van der Waals surface area contributed by atoms with E-state index in [-0.39, 0.29) is 25.9 Å². The second kappa shape index (κ2) is 3.83. The average molecular weight is 228 g/mol. The van der Waals surface area contributed by atoms with Crippen molar-refractivity contribution in [3.05, 3.63) is 34.9 Å². The maximum absolute atomic E-state index is 12.9. The zero-order valence-electron chi connectivity index (χ0n) is 8.37. The quantitative estimate of drug-likeness (QED) is 0.784. The molecule has 16 heavy (non-hydrogen) atoms. The standard InChI is InChI=1S/C11H10F2O3/c12-9-1-7-3-11(15,5-16-6-14)4-8(7)2-10(9)13/h1-2,6,15H,3-5H2. The molecule has 0 saturated heterocycles. The van der Waals surface area contributed by atoms with Crippen molar-refractivity contribution in [3.63, 3.8) is 0 Å². The van der Waals surface area contributed by atoms with Crippen LogP contribution in [0, 0.1) is 11.6 Å². The van der Waals surface area contributed by atoms with Gasteiger partial charge in [0.1, 0.15) is 12.2 Å². The average Bonchev–Trinajstić information content (AvgIpc) is 2.53. The molecule has 2 rings (SSSR count). The second-order valence-corrected chi connectivity index (χ2v) is 4.02. The molecule has 0 bridgehead atoms. The monoisotopic (exact) mass is 228 g/mol. The molecule has 1 N–H and O–H groups in total. The van der Waals surface area contributed by atoms with Gasteiger partial charge in [0.25, 0.3) is 6.47 Å². The predicted octanol–water partition coefficient (Wildman–Crippen LogP) is 0.968. The Morgan fingerprint density at radius 1 is 1.31 bits per heavy atom. The Kier molecular flexibility index (Phi) is 2.63. The fraction of sp³-hybridized carbons (Fsp3) is 0.364. The maximum atomic E-state index is 12.9. The first-order valence-electron chi connectivity index (χ1n) is 4.78. The third-order valence-electron chi connectivity index (χ3n) is 2.70. The lowest BCUT2D eigenvalue weighted by molar-refractivity contribution is -0.135. The Bertz CT molecular complexity index is 400. The molecule has 1 aliphatic rings. The molecular weight excluding hydrogens is 218 g/mol. The summed E-state index contributed by atoms with van der Waals surface area (Å²) in [5.74, 6) is -1.86. The molecule has 5 heteroatoms. The summed E-state index contributed by atoms with van der Waals surface area (Å²) in [7, 11) is 0. The first kappa shape index (κ1) is 11.0. The van der Waals surface area contributed by atoms with Crippen LogP contribution in [0.15, 0.2) is 12.1 Å². The molecule has 0 heterocycles. The molecule has 0 atom stereocenters. The Morgan fingerprint density at radius 3 is 2.25 bits per heavy atom. The summed E-state index contributed by atoms with van der Waals surface area (Å²) in [6.45, 7) is 0.0660. The van der Waals surface area contributed by atoms with E-state index in [2.05, 4.69) is 4.74 Å². The number of hydrogen-bond acceptors (Lipinski definition) is 3. The molecule has 1 aromatic carbocycles. The van der Waals surface area contributed by atoms with Gasteiger partial charge in [0.15, 0.2) is 11.6 Å². The van der Waals surface area contributed by atoms with Gasteiger partial charge in [-0.1, -0.05) is 0 Å². The lowest BCUT2D eigenvalue weighted by atomic mass is 10.0. The van der Waals surface area contributed by atoms with Crippen LogP contribution >= 0.6 is 0 Å². The van der Waals surface area contributed by atoms with Crippen molar-refractivity contribution in [2.45, 2.75) is 18.4 Å². The number of rotatable bonds is 3. The first-order chi connectivity index (χ1) is 7.54. The minimum Gasteiger partial charge on any atom is -0.465 e. The van der Waals surface area contributed by atoms with E-state index in [0.717, 1.165) is 12.1 Å². The number of benzene rings is 1. The lowest BCUT2D eigenvalue weighted by Gasteiger charge is -2.19. The van der Waals surface area contributed by atoms with Crippen molar-refractivity contribution >= 4 is 6.47 Å². The number of aliphatic hydroxyl groups is 1. The van der Waals surface area contributed by atoms with E-state index in [1.165, 1.54) is 0 Å². The number of carbonyl (C=O) groups is 1. The fourth-order valence-corrected chi connectivity index (χ4v) is 2.02. The van der Waals surface area contributed by atoms with Gasteiger partial charge in [-0.25, -0.2) is 8.78 Å². The highest BCUT2D eigenvalue weighted by atomic mass is 19.2. The number of carbonyl (C=O) groups excluding carboxylic acids is 1. The molecule has 1 aromatic rings. The summed E-state index contributed by atoms with van der Waals surface area (Å²) in [6.07, 6.45) is 0.320. The van der Waals surface area contributed by atoms with Crippen LogP contribution < -0.4 is 0 Å². The summed E-state index contributed by atoms with van der Waals surface area (Å²) in [4.78, 5) is 10.0. The summed E-state index contributed by atoms with van der Waals surface area (Å²) in [6, 6.07) is 2.15. The van der Waals surface area contributed by atoms with Gasteiger partial charge in [0.05, 0.1) is 0 Å². The topological polar surface area (TPSA) is 46.5 Å². The number of fused-ring (bicyclic) bond motifs is 1. The molecule has 0 fully saturated rings. The van der Waals surface area contributed by atoms with Crippen LogP contribution in [0.1, 0.15) is 11.1 Å². The van der Waals surface area contributed by atoms with E-state index >= 15 is 0 Å². The van der Waals surface area contributed by atoms with Gasteiger partial charge in [-0.05, 0) is 23.3 Å². The van der Waals surface area contributed by atoms with Crippen molar-refractivity contribution in [3.8, 4) is 0 Å². The molecule has 0 aromatic heterocycles. The van der Waals surface area contributed by atoms with Gasteiger partial charge < -0.3 is 9.84 Å². The molecule has 1 aliphatic carbocycles. The molecule has 86 valence electrons. The third kappa shape index (κ3) is 1.90. The normalized spacial score (nSPS) is 16.9. The minimum absolute atomic E-state index is 0.160. The molecular formula is C11H10F2O3. The Morgan fingerprint density at radius 2 is 1.81 bits per heavy atom. The second-order valence-electron chi connectivity index (χ2n) is 4.02. The van der Waals surface area contributed by atoms with Crippen LogP contribution in [-0.2, 0) is 22.4 Å². The number of hydrogen-bond donors (Lipinski definition) is 1. The largest absolute Gasteiger partial charge is 0.465 e. The number of halogens is 2. The van der Waals surface area contributed by atoms with E-state index in [4.69, 9.17) is 0 Å². The van der Waals surface area contributed by atoms with Gasteiger partial charge in [-0.3, -0.25) is 4.79 Å². The smallest absolute Gasteiger partial charge is 0.293 e. The van der Waals surface area contributed by atoms with E-state index in [9.17, 15) is 18.7 Å². The molecule has 0 unspecified atom stereocenters. The highest BCUT2D eigenvalue weighted by Gasteiger charge is 2.36. The van der Waals surface area contributed by atoms with Crippen LogP contribution in [0.2, 0.25) is 0 Å². The maximum Gasteiger partial charge on any atom is 0.293 e. The van der Waals surface area contributed by atoms with Gasteiger partial charge in [-0.15, -0.1) is 0 Å². The van der Waals surface area contributed by atoms with Gasteiger partial charge in [-0.2, -0.15) is 0 Å². The molecule has 0 radical (unpaired) electrons. The molecule has 0 spiro atoms. The molecule has 0 saturated carbocycles. The Balaban J connectivity index is 2.23. The van der Waals surface area contributed by atoms with Crippen molar-refractivity contribution in [1.29, 1.82) is 0 Å². The van der Waals surface area contributed by atoms with Crippen molar-refractivity contribution < 1.29 is 23.4 Å². The predicted molar refractivity (Wildman–Crippen MR) is 50.7 cm³/mol. The molecule has 0 amide bonds.